The molecule has 8 heteroatoms. The second kappa shape index (κ2) is 13.3. The molecule has 0 atom stereocenters. The standard InChI is InChI=1S/C31H29N3O4S/c1-4-36-29-18-23(11-13-28(29)38-15-14-37-27-12-10-21(2)16-22(27)3)17-25(19-32)30(35)34-31-33-26(20-39-31)24-8-6-5-7-9-24/h5-13,16-18,20H,4,14-15H2,1-3H3,(H,33,34,35)/b25-17-. The first-order chi connectivity index (χ1) is 19.0. The second-order valence-electron chi connectivity index (χ2n) is 8.63. The number of nitrogens with zero attached hydrogens (tertiary/aromatic N) is 2. The van der Waals surface area contributed by atoms with Crippen LogP contribution < -0.4 is 19.5 Å². The molecule has 0 saturated carbocycles. The lowest BCUT2D eigenvalue weighted by atomic mass is 10.1. The SMILES string of the molecule is CCOc1cc(/C=C(/C#N)C(=O)Nc2nc(-c3ccccc3)cs2)ccc1OCCOc1ccc(C)cc1C. The van der Waals surface area contributed by atoms with E-state index in [1.54, 1.807) is 18.2 Å². The number of amides is 1. The molecule has 198 valence electrons. The molecule has 4 aromatic rings. The fourth-order valence-electron chi connectivity index (χ4n) is 3.82. The summed E-state index contributed by atoms with van der Waals surface area (Å²) < 4.78 is 17.5. The van der Waals surface area contributed by atoms with Gasteiger partial charge in [0.25, 0.3) is 5.91 Å². The number of ether oxygens (including phenoxy) is 3. The third kappa shape index (κ3) is 7.46. The molecule has 39 heavy (non-hydrogen) atoms. The van der Waals surface area contributed by atoms with E-state index < -0.39 is 5.91 Å². The molecule has 0 radical (unpaired) electrons. The zero-order valence-electron chi connectivity index (χ0n) is 22.1. The van der Waals surface area contributed by atoms with Gasteiger partial charge in [0.1, 0.15) is 30.6 Å². The van der Waals surface area contributed by atoms with Gasteiger partial charge in [-0.15, -0.1) is 11.3 Å². The third-order valence-electron chi connectivity index (χ3n) is 5.67. The van der Waals surface area contributed by atoms with E-state index in [1.807, 2.05) is 74.7 Å². The average molecular weight is 540 g/mol. The molecule has 1 N–H and O–H groups in total. The highest BCUT2D eigenvalue weighted by Crippen LogP contribution is 2.30. The van der Waals surface area contributed by atoms with Gasteiger partial charge in [-0.05, 0) is 56.2 Å². The monoisotopic (exact) mass is 539 g/mol. The summed E-state index contributed by atoms with van der Waals surface area (Å²) in [6.07, 6.45) is 1.51. The zero-order valence-corrected chi connectivity index (χ0v) is 22.9. The smallest absolute Gasteiger partial charge is 0.268 e. The number of hydrogen-bond donors (Lipinski definition) is 1. The van der Waals surface area contributed by atoms with Crippen molar-refractivity contribution >= 4 is 28.5 Å². The van der Waals surface area contributed by atoms with E-state index in [9.17, 15) is 10.1 Å². The topological polar surface area (TPSA) is 93.5 Å². The lowest BCUT2D eigenvalue weighted by Crippen LogP contribution is -2.13. The minimum absolute atomic E-state index is 0.0514. The summed E-state index contributed by atoms with van der Waals surface area (Å²) >= 11 is 1.30. The molecule has 0 saturated heterocycles. The fourth-order valence-corrected chi connectivity index (χ4v) is 4.53. The first kappa shape index (κ1) is 27.4. The summed E-state index contributed by atoms with van der Waals surface area (Å²) in [4.78, 5) is 17.3. The highest BCUT2D eigenvalue weighted by molar-refractivity contribution is 7.14. The van der Waals surface area contributed by atoms with Gasteiger partial charge in [0.2, 0.25) is 0 Å². The minimum atomic E-state index is -0.534. The van der Waals surface area contributed by atoms with Crippen molar-refractivity contribution in [3.8, 4) is 34.6 Å². The van der Waals surface area contributed by atoms with Gasteiger partial charge in [-0.3, -0.25) is 10.1 Å². The molecule has 0 fully saturated rings. The van der Waals surface area contributed by atoms with E-state index in [0.29, 0.717) is 42.0 Å². The van der Waals surface area contributed by atoms with Gasteiger partial charge in [0.05, 0.1) is 12.3 Å². The van der Waals surface area contributed by atoms with Crippen molar-refractivity contribution in [2.75, 3.05) is 25.1 Å². The van der Waals surface area contributed by atoms with Crippen LogP contribution >= 0.6 is 11.3 Å². The Hall–Kier alpha value is -4.61. The van der Waals surface area contributed by atoms with Crippen LogP contribution in [0.15, 0.2) is 77.7 Å². The number of nitriles is 1. The first-order valence-electron chi connectivity index (χ1n) is 12.5. The molecule has 3 aromatic carbocycles. The number of rotatable bonds is 11. The van der Waals surface area contributed by atoms with Crippen LogP contribution in [-0.4, -0.2) is 30.7 Å². The van der Waals surface area contributed by atoms with Gasteiger partial charge in [-0.25, -0.2) is 4.98 Å². The van der Waals surface area contributed by atoms with Crippen molar-refractivity contribution in [3.63, 3.8) is 0 Å². The number of thiazole rings is 1. The maximum atomic E-state index is 12.8. The molecule has 0 spiro atoms. The van der Waals surface area contributed by atoms with Gasteiger partial charge in [-0.1, -0.05) is 54.1 Å². The molecule has 4 rings (SSSR count). The maximum Gasteiger partial charge on any atom is 0.268 e. The molecule has 0 unspecified atom stereocenters. The number of benzene rings is 3. The summed E-state index contributed by atoms with van der Waals surface area (Å²) in [5.41, 5.74) is 4.55. The van der Waals surface area contributed by atoms with Crippen LogP contribution in [0.1, 0.15) is 23.6 Å². The zero-order chi connectivity index (χ0) is 27.6. The van der Waals surface area contributed by atoms with Crippen LogP contribution in [0, 0.1) is 25.2 Å². The Kier molecular flexibility index (Phi) is 9.33. The largest absolute Gasteiger partial charge is 0.490 e. The number of hydrogen-bond acceptors (Lipinski definition) is 7. The van der Waals surface area contributed by atoms with Gasteiger partial charge >= 0.3 is 0 Å². The van der Waals surface area contributed by atoms with Crippen molar-refractivity contribution in [2.45, 2.75) is 20.8 Å². The average Bonchev–Trinajstić information content (AvgIpc) is 3.40. The van der Waals surface area contributed by atoms with E-state index in [2.05, 4.69) is 16.4 Å². The number of carbonyl (C=O) groups is 1. The summed E-state index contributed by atoms with van der Waals surface area (Å²) in [5.74, 6) is 1.36. The van der Waals surface area contributed by atoms with Gasteiger partial charge in [-0.2, -0.15) is 5.26 Å². The van der Waals surface area contributed by atoms with Crippen LogP contribution in [0.2, 0.25) is 0 Å². The van der Waals surface area contributed by atoms with Crippen molar-refractivity contribution in [3.05, 3.63) is 94.4 Å². The summed E-state index contributed by atoms with van der Waals surface area (Å²) in [6, 6.07) is 23.0. The van der Waals surface area contributed by atoms with Crippen molar-refractivity contribution in [2.24, 2.45) is 0 Å². The van der Waals surface area contributed by atoms with Crippen molar-refractivity contribution in [1.29, 1.82) is 5.26 Å². The van der Waals surface area contributed by atoms with Crippen LogP contribution in [-0.2, 0) is 4.79 Å². The van der Waals surface area contributed by atoms with Crippen LogP contribution in [0.25, 0.3) is 17.3 Å². The molecule has 1 amide bonds. The number of aromatic nitrogens is 1. The lowest BCUT2D eigenvalue weighted by molar-refractivity contribution is -0.112. The molecule has 0 bridgehead atoms. The molecule has 0 aliphatic carbocycles. The second-order valence-corrected chi connectivity index (χ2v) is 9.49. The molecule has 1 aromatic heterocycles. The summed E-state index contributed by atoms with van der Waals surface area (Å²) in [7, 11) is 0. The third-order valence-corrected chi connectivity index (χ3v) is 6.42. The lowest BCUT2D eigenvalue weighted by Gasteiger charge is -2.14. The van der Waals surface area contributed by atoms with Gasteiger partial charge < -0.3 is 14.2 Å². The Labute approximate surface area is 232 Å². The van der Waals surface area contributed by atoms with Crippen LogP contribution in [0.3, 0.4) is 0 Å². The fraction of sp³-hybridized carbons (Fsp3) is 0.194. The molecule has 1 heterocycles. The number of anilines is 1. The minimum Gasteiger partial charge on any atom is -0.490 e. The Morgan fingerprint density at radius 1 is 0.974 bits per heavy atom. The molecule has 0 aliphatic heterocycles. The highest BCUT2D eigenvalue weighted by Gasteiger charge is 2.14. The van der Waals surface area contributed by atoms with Crippen LogP contribution in [0.4, 0.5) is 5.13 Å². The number of carbonyl (C=O) groups excluding carboxylic acids is 1. The quantitative estimate of drug-likeness (QED) is 0.128. The highest BCUT2D eigenvalue weighted by atomic mass is 32.1. The summed E-state index contributed by atoms with van der Waals surface area (Å²) in [5, 5.41) is 14.6. The van der Waals surface area contributed by atoms with E-state index >= 15 is 0 Å². The van der Waals surface area contributed by atoms with E-state index in [0.717, 1.165) is 22.6 Å². The first-order valence-corrected chi connectivity index (χ1v) is 13.4. The molecule has 7 nitrogen and oxygen atoms in total. The Morgan fingerprint density at radius 2 is 1.72 bits per heavy atom. The Balaban J connectivity index is 1.40. The van der Waals surface area contributed by atoms with Gasteiger partial charge in [0, 0.05) is 10.9 Å². The predicted molar refractivity (Wildman–Crippen MR) is 154 cm³/mol. The predicted octanol–water partition coefficient (Wildman–Crippen LogP) is 6.83. The van der Waals surface area contributed by atoms with Gasteiger partial charge in [0.15, 0.2) is 16.6 Å². The molecular weight excluding hydrogens is 510 g/mol. The van der Waals surface area contributed by atoms with Crippen LogP contribution in [0.5, 0.6) is 17.2 Å². The molecular formula is C31H29N3O4S. The number of nitrogens with one attached hydrogen (secondary N) is 1. The Morgan fingerprint density at radius 3 is 2.44 bits per heavy atom. The Bertz CT molecular complexity index is 1510. The van der Waals surface area contributed by atoms with E-state index in [-0.39, 0.29) is 5.57 Å². The number of aryl methyl sites for hydroxylation is 2. The van der Waals surface area contributed by atoms with E-state index in [1.165, 1.54) is 23.0 Å². The van der Waals surface area contributed by atoms with E-state index in [4.69, 9.17) is 14.2 Å². The van der Waals surface area contributed by atoms with Crippen molar-refractivity contribution in [1.82, 2.24) is 4.98 Å². The maximum absolute atomic E-state index is 12.8. The normalized spacial score (nSPS) is 11.0. The summed E-state index contributed by atoms with van der Waals surface area (Å²) in [6.45, 7) is 7.06. The molecule has 0 aliphatic rings. The van der Waals surface area contributed by atoms with Crippen molar-refractivity contribution < 1.29 is 19.0 Å².